The zero-order valence-electron chi connectivity index (χ0n) is 11.4. The van der Waals surface area contributed by atoms with Crippen LogP contribution in [0.4, 0.5) is 5.88 Å². The van der Waals surface area contributed by atoms with Gasteiger partial charge < -0.3 is 14.5 Å². The molecule has 110 valence electrons. The molecular weight excluding hydrogens is 276 g/mol. The van der Waals surface area contributed by atoms with E-state index in [0.717, 1.165) is 17.4 Å². The monoisotopic (exact) mass is 290 g/mol. The molecule has 7 heteroatoms. The number of para-hydroxylation sites is 1. The zero-order chi connectivity index (χ0) is 15.2. The molecule has 1 aromatic carbocycles. The first-order valence-electron chi connectivity index (χ1n) is 6.29. The van der Waals surface area contributed by atoms with Crippen LogP contribution in [0.2, 0.25) is 0 Å². The average Bonchev–Trinajstić information content (AvgIpc) is 2.95. The standard InChI is InChI=1S/C14H14N2O5/c1-10-4-2-3-5-11(10)20-9-8-15-14(17)12-6-7-13(21-12)16(18)19/h2-7H,8-9H2,1H3,(H,15,17). The van der Waals surface area contributed by atoms with Crippen LogP contribution in [-0.2, 0) is 0 Å². The molecule has 0 saturated carbocycles. The summed E-state index contributed by atoms with van der Waals surface area (Å²) in [6.45, 7) is 2.48. The number of nitro groups is 1. The summed E-state index contributed by atoms with van der Waals surface area (Å²) in [5.74, 6) is -0.328. The Labute approximate surface area is 120 Å². The van der Waals surface area contributed by atoms with Crippen LogP contribution in [0.5, 0.6) is 5.75 Å². The van der Waals surface area contributed by atoms with Crippen LogP contribution in [0, 0.1) is 17.0 Å². The average molecular weight is 290 g/mol. The van der Waals surface area contributed by atoms with E-state index in [1.165, 1.54) is 6.07 Å². The molecule has 0 spiro atoms. The summed E-state index contributed by atoms with van der Waals surface area (Å²) in [6, 6.07) is 9.94. The first-order chi connectivity index (χ1) is 10.1. The molecule has 0 unspecified atom stereocenters. The lowest BCUT2D eigenvalue weighted by atomic mass is 10.2. The molecule has 0 radical (unpaired) electrons. The van der Waals surface area contributed by atoms with Gasteiger partial charge in [-0.3, -0.25) is 14.9 Å². The molecule has 0 aliphatic carbocycles. The van der Waals surface area contributed by atoms with Crippen molar-refractivity contribution in [2.24, 2.45) is 0 Å². The van der Waals surface area contributed by atoms with Gasteiger partial charge in [0.15, 0.2) is 5.76 Å². The molecular formula is C14H14N2O5. The Hall–Kier alpha value is -2.83. The molecule has 1 heterocycles. The first-order valence-corrected chi connectivity index (χ1v) is 6.29. The fourth-order valence-electron chi connectivity index (χ4n) is 1.68. The van der Waals surface area contributed by atoms with E-state index in [1.807, 2.05) is 31.2 Å². The summed E-state index contributed by atoms with van der Waals surface area (Å²) in [6.07, 6.45) is 0. The van der Waals surface area contributed by atoms with E-state index >= 15 is 0 Å². The lowest BCUT2D eigenvalue weighted by Crippen LogP contribution is -2.27. The molecule has 0 aliphatic rings. The third-order valence-corrected chi connectivity index (χ3v) is 2.73. The quantitative estimate of drug-likeness (QED) is 0.500. The highest BCUT2D eigenvalue weighted by Gasteiger charge is 2.16. The molecule has 2 aromatic rings. The topological polar surface area (TPSA) is 94.6 Å². The number of hydrogen-bond acceptors (Lipinski definition) is 5. The van der Waals surface area contributed by atoms with E-state index in [-0.39, 0.29) is 12.3 Å². The van der Waals surface area contributed by atoms with Crippen LogP contribution >= 0.6 is 0 Å². The third-order valence-electron chi connectivity index (χ3n) is 2.73. The van der Waals surface area contributed by atoms with Gasteiger partial charge in [-0.05, 0) is 24.6 Å². The van der Waals surface area contributed by atoms with Crippen LogP contribution < -0.4 is 10.1 Å². The molecule has 1 aromatic heterocycles. The fraction of sp³-hybridized carbons (Fsp3) is 0.214. The van der Waals surface area contributed by atoms with Crippen molar-refractivity contribution in [1.29, 1.82) is 0 Å². The van der Waals surface area contributed by atoms with E-state index in [0.29, 0.717) is 6.61 Å². The van der Waals surface area contributed by atoms with E-state index in [4.69, 9.17) is 9.15 Å². The second kappa shape index (κ2) is 6.56. The fourth-order valence-corrected chi connectivity index (χ4v) is 1.68. The number of nitrogens with one attached hydrogen (secondary N) is 1. The number of ether oxygens (including phenoxy) is 1. The van der Waals surface area contributed by atoms with Crippen LogP contribution in [-0.4, -0.2) is 24.0 Å². The van der Waals surface area contributed by atoms with Gasteiger partial charge in [0.2, 0.25) is 0 Å². The van der Waals surface area contributed by atoms with Crippen LogP contribution in [0.3, 0.4) is 0 Å². The van der Waals surface area contributed by atoms with Gasteiger partial charge in [-0.25, -0.2) is 0 Å². The number of furan rings is 1. The number of carbonyl (C=O) groups excluding carboxylic acids is 1. The maximum absolute atomic E-state index is 11.7. The van der Waals surface area contributed by atoms with Crippen molar-refractivity contribution in [1.82, 2.24) is 5.32 Å². The smallest absolute Gasteiger partial charge is 0.433 e. The minimum absolute atomic E-state index is 0.0995. The van der Waals surface area contributed by atoms with Gasteiger partial charge in [-0.1, -0.05) is 18.2 Å². The van der Waals surface area contributed by atoms with Gasteiger partial charge in [0.25, 0.3) is 5.91 Å². The van der Waals surface area contributed by atoms with Gasteiger partial charge in [-0.15, -0.1) is 0 Å². The summed E-state index contributed by atoms with van der Waals surface area (Å²) < 4.78 is 10.3. The van der Waals surface area contributed by atoms with Crippen molar-refractivity contribution in [3.63, 3.8) is 0 Å². The van der Waals surface area contributed by atoms with Crippen LogP contribution in [0.25, 0.3) is 0 Å². The normalized spacial score (nSPS) is 10.1. The molecule has 1 amide bonds. The number of carbonyl (C=O) groups is 1. The molecule has 21 heavy (non-hydrogen) atoms. The lowest BCUT2D eigenvalue weighted by molar-refractivity contribution is -0.402. The number of aryl methyl sites for hydroxylation is 1. The SMILES string of the molecule is Cc1ccccc1OCCNC(=O)c1ccc([N+](=O)[O-])o1. The Balaban J connectivity index is 1.79. The Morgan fingerprint density at radius 1 is 1.33 bits per heavy atom. The largest absolute Gasteiger partial charge is 0.491 e. The summed E-state index contributed by atoms with van der Waals surface area (Å²) in [5, 5.41) is 13.0. The molecule has 0 fully saturated rings. The summed E-state index contributed by atoms with van der Waals surface area (Å²) >= 11 is 0. The molecule has 0 aliphatic heterocycles. The number of hydrogen-bond donors (Lipinski definition) is 1. The summed E-state index contributed by atoms with van der Waals surface area (Å²) in [4.78, 5) is 21.4. The van der Waals surface area contributed by atoms with Crippen molar-refractivity contribution in [2.75, 3.05) is 13.2 Å². The van der Waals surface area contributed by atoms with E-state index in [2.05, 4.69) is 5.32 Å². The Kier molecular flexibility index (Phi) is 4.55. The highest BCUT2D eigenvalue weighted by Crippen LogP contribution is 2.16. The summed E-state index contributed by atoms with van der Waals surface area (Å²) in [5.41, 5.74) is 1.01. The van der Waals surface area contributed by atoms with Gasteiger partial charge in [0.05, 0.1) is 12.6 Å². The first kappa shape index (κ1) is 14.6. The molecule has 0 bridgehead atoms. The number of amides is 1. The van der Waals surface area contributed by atoms with E-state index < -0.39 is 16.7 Å². The second-order valence-corrected chi connectivity index (χ2v) is 4.26. The highest BCUT2D eigenvalue weighted by molar-refractivity contribution is 5.91. The van der Waals surface area contributed by atoms with E-state index in [1.54, 1.807) is 0 Å². The van der Waals surface area contributed by atoms with Crippen molar-refractivity contribution in [3.05, 3.63) is 57.8 Å². The Morgan fingerprint density at radius 3 is 2.76 bits per heavy atom. The number of nitrogens with zero attached hydrogens (tertiary/aromatic N) is 1. The van der Waals surface area contributed by atoms with Crippen molar-refractivity contribution in [2.45, 2.75) is 6.92 Å². The van der Waals surface area contributed by atoms with Gasteiger partial charge in [0, 0.05) is 0 Å². The van der Waals surface area contributed by atoms with Crippen LogP contribution in [0.1, 0.15) is 16.1 Å². The molecule has 1 N–H and O–H groups in total. The highest BCUT2D eigenvalue weighted by atomic mass is 16.6. The molecule has 7 nitrogen and oxygen atoms in total. The Morgan fingerprint density at radius 2 is 2.10 bits per heavy atom. The second-order valence-electron chi connectivity index (χ2n) is 4.26. The van der Waals surface area contributed by atoms with Gasteiger partial charge in [0.1, 0.15) is 17.3 Å². The van der Waals surface area contributed by atoms with Crippen molar-refractivity contribution in [3.8, 4) is 5.75 Å². The van der Waals surface area contributed by atoms with Gasteiger partial charge >= 0.3 is 5.88 Å². The molecule has 0 saturated heterocycles. The minimum Gasteiger partial charge on any atom is -0.491 e. The lowest BCUT2D eigenvalue weighted by Gasteiger charge is -2.08. The van der Waals surface area contributed by atoms with Gasteiger partial charge in [-0.2, -0.15) is 0 Å². The number of benzene rings is 1. The molecule has 0 atom stereocenters. The van der Waals surface area contributed by atoms with Crippen LogP contribution in [0.15, 0.2) is 40.8 Å². The maximum atomic E-state index is 11.7. The number of rotatable bonds is 6. The Bertz CT molecular complexity index is 650. The third kappa shape index (κ3) is 3.82. The predicted molar refractivity (Wildman–Crippen MR) is 74.4 cm³/mol. The predicted octanol–water partition coefficient (Wildman–Crippen LogP) is 2.31. The molecule has 2 rings (SSSR count). The zero-order valence-corrected chi connectivity index (χ0v) is 11.4. The van der Waals surface area contributed by atoms with Crippen molar-refractivity contribution < 1.29 is 18.9 Å². The van der Waals surface area contributed by atoms with Crippen molar-refractivity contribution >= 4 is 11.8 Å². The minimum atomic E-state index is -0.696. The maximum Gasteiger partial charge on any atom is 0.433 e. The summed E-state index contributed by atoms with van der Waals surface area (Å²) in [7, 11) is 0. The van der Waals surface area contributed by atoms with E-state index in [9.17, 15) is 14.9 Å².